The molecule has 0 bridgehead atoms. The summed E-state index contributed by atoms with van der Waals surface area (Å²) in [6.45, 7) is 2.83. The summed E-state index contributed by atoms with van der Waals surface area (Å²) >= 11 is 1.47. The molecular formula is C22H24F2N4O2S2. The lowest BCUT2D eigenvalue weighted by Crippen LogP contribution is -2.30. The van der Waals surface area contributed by atoms with E-state index in [9.17, 15) is 17.2 Å². The van der Waals surface area contributed by atoms with Crippen LogP contribution in [0, 0.1) is 0 Å². The third kappa shape index (κ3) is 5.19. The van der Waals surface area contributed by atoms with Crippen LogP contribution in [-0.4, -0.2) is 46.9 Å². The van der Waals surface area contributed by atoms with E-state index in [-0.39, 0.29) is 4.90 Å². The van der Waals surface area contributed by atoms with Crippen molar-refractivity contribution in [2.24, 2.45) is 0 Å². The van der Waals surface area contributed by atoms with Gasteiger partial charge in [-0.2, -0.15) is 8.78 Å². The maximum absolute atomic E-state index is 12.7. The highest BCUT2D eigenvalue weighted by atomic mass is 32.2. The number of para-hydroxylation sites is 1. The molecular weight excluding hydrogens is 454 g/mol. The lowest BCUT2D eigenvalue weighted by atomic mass is 10.1. The summed E-state index contributed by atoms with van der Waals surface area (Å²) in [5, 5.41) is 9.59. The van der Waals surface area contributed by atoms with Crippen LogP contribution in [0.4, 0.5) is 8.78 Å². The highest BCUT2D eigenvalue weighted by molar-refractivity contribution is 7.98. The molecule has 1 fully saturated rings. The second kappa shape index (κ2) is 10.1. The molecule has 2 heterocycles. The minimum Gasteiger partial charge on any atom is -0.296 e. The zero-order chi connectivity index (χ0) is 22.6. The first kappa shape index (κ1) is 22.9. The number of hydrogen-bond acceptors (Lipinski definition) is 6. The highest BCUT2D eigenvalue weighted by Gasteiger charge is 2.26. The number of nitrogens with zero attached hydrogens (tertiary/aromatic N) is 4. The molecule has 0 N–H and O–H groups in total. The number of halogens is 2. The van der Waals surface area contributed by atoms with Crippen molar-refractivity contribution in [1.82, 2.24) is 19.7 Å². The summed E-state index contributed by atoms with van der Waals surface area (Å²) in [5.41, 5.74) is 1.79. The zero-order valence-corrected chi connectivity index (χ0v) is 19.0. The summed E-state index contributed by atoms with van der Waals surface area (Å²) in [7, 11) is -4.59. The summed E-state index contributed by atoms with van der Waals surface area (Å²) in [4.78, 5) is 2.02. The van der Waals surface area contributed by atoms with Crippen molar-refractivity contribution in [2.75, 3.05) is 13.1 Å². The summed E-state index contributed by atoms with van der Waals surface area (Å²) < 4.78 is 50.7. The molecule has 4 rings (SSSR count). The maximum atomic E-state index is 12.7. The Morgan fingerprint density at radius 3 is 2.28 bits per heavy atom. The van der Waals surface area contributed by atoms with Crippen LogP contribution >= 0.6 is 11.8 Å². The largest absolute Gasteiger partial charge is 0.341 e. The first-order valence-electron chi connectivity index (χ1n) is 10.4. The zero-order valence-electron chi connectivity index (χ0n) is 17.4. The van der Waals surface area contributed by atoms with E-state index in [1.165, 1.54) is 43.2 Å². The Kier molecular flexibility index (Phi) is 7.22. The van der Waals surface area contributed by atoms with Gasteiger partial charge in [0.2, 0.25) is 9.84 Å². The van der Waals surface area contributed by atoms with E-state index >= 15 is 0 Å². The molecule has 1 saturated heterocycles. The third-order valence-electron chi connectivity index (χ3n) is 5.38. The van der Waals surface area contributed by atoms with Gasteiger partial charge in [0.1, 0.15) is 0 Å². The SMILES string of the molecule is O=S(=O)(c1ccc(CSc2nnc(CN3CCCCC3)n2-c2ccccc2)cc1)C(F)F. The molecule has 10 heteroatoms. The molecule has 0 saturated carbocycles. The van der Waals surface area contributed by atoms with E-state index in [0.29, 0.717) is 5.75 Å². The predicted octanol–water partition coefficient (Wildman–Crippen LogP) is 4.54. The van der Waals surface area contributed by atoms with E-state index in [4.69, 9.17) is 0 Å². The van der Waals surface area contributed by atoms with Gasteiger partial charge in [-0.25, -0.2) is 8.42 Å². The van der Waals surface area contributed by atoms with Crippen molar-refractivity contribution >= 4 is 21.6 Å². The van der Waals surface area contributed by atoms with Crippen molar-refractivity contribution in [3.8, 4) is 5.69 Å². The Balaban J connectivity index is 1.53. The minimum atomic E-state index is -4.59. The highest BCUT2D eigenvalue weighted by Crippen LogP contribution is 2.27. The average molecular weight is 479 g/mol. The number of benzene rings is 2. The van der Waals surface area contributed by atoms with Gasteiger partial charge < -0.3 is 0 Å². The van der Waals surface area contributed by atoms with Crippen LogP contribution in [0.15, 0.2) is 64.6 Å². The van der Waals surface area contributed by atoms with E-state index in [0.717, 1.165) is 41.9 Å². The molecule has 3 aromatic rings. The lowest BCUT2D eigenvalue weighted by molar-refractivity contribution is 0.214. The van der Waals surface area contributed by atoms with Gasteiger partial charge in [0.25, 0.3) is 0 Å². The first-order valence-corrected chi connectivity index (χ1v) is 12.9. The molecule has 2 aromatic carbocycles. The number of thioether (sulfide) groups is 1. The second-order valence-corrected chi connectivity index (χ2v) is 10.5. The normalized spacial score (nSPS) is 15.3. The van der Waals surface area contributed by atoms with Gasteiger partial charge >= 0.3 is 5.76 Å². The number of likely N-dealkylation sites (tertiary alicyclic amines) is 1. The van der Waals surface area contributed by atoms with Crippen molar-refractivity contribution < 1.29 is 17.2 Å². The molecule has 0 aliphatic carbocycles. The average Bonchev–Trinajstić information content (AvgIpc) is 3.21. The van der Waals surface area contributed by atoms with Crippen LogP contribution < -0.4 is 0 Å². The lowest BCUT2D eigenvalue weighted by Gasteiger charge is -2.26. The molecule has 170 valence electrons. The number of sulfone groups is 1. The molecule has 32 heavy (non-hydrogen) atoms. The smallest absolute Gasteiger partial charge is 0.296 e. The Morgan fingerprint density at radius 1 is 0.938 bits per heavy atom. The Morgan fingerprint density at radius 2 is 1.62 bits per heavy atom. The number of piperidine rings is 1. The Labute approximate surface area is 190 Å². The van der Waals surface area contributed by atoms with Crippen LogP contribution in [0.1, 0.15) is 30.7 Å². The number of aromatic nitrogens is 3. The first-order chi connectivity index (χ1) is 15.4. The monoisotopic (exact) mass is 478 g/mol. The molecule has 0 amide bonds. The molecule has 0 spiro atoms. The second-order valence-electron chi connectivity index (χ2n) is 7.64. The number of alkyl halides is 2. The van der Waals surface area contributed by atoms with E-state index in [2.05, 4.69) is 19.7 Å². The summed E-state index contributed by atoms with van der Waals surface area (Å²) in [5.74, 6) is -2.05. The van der Waals surface area contributed by atoms with E-state index in [1.807, 2.05) is 30.3 Å². The van der Waals surface area contributed by atoms with Crippen LogP contribution in [0.5, 0.6) is 0 Å². The van der Waals surface area contributed by atoms with Gasteiger partial charge in [-0.15, -0.1) is 10.2 Å². The summed E-state index contributed by atoms with van der Waals surface area (Å²) in [6.07, 6.45) is 3.65. The van der Waals surface area contributed by atoms with Gasteiger partial charge in [-0.1, -0.05) is 48.5 Å². The van der Waals surface area contributed by atoms with Gasteiger partial charge in [-0.05, 0) is 55.8 Å². The fraction of sp³-hybridized carbons (Fsp3) is 0.364. The molecule has 0 radical (unpaired) electrons. The van der Waals surface area contributed by atoms with Crippen LogP contribution in [-0.2, 0) is 22.1 Å². The van der Waals surface area contributed by atoms with Gasteiger partial charge in [0.05, 0.1) is 11.4 Å². The van der Waals surface area contributed by atoms with E-state index in [1.54, 1.807) is 12.1 Å². The molecule has 6 nitrogen and oxygen atoms in total. The molecule has 1 aliphatic rings. The molecule has 0 atom stereocenters. The topological polar surface area (TPSA) is 68.1 Å². The van der Waals surface area contributed by atoms with Gasteiger partial charge in [0, 0.05) is 11.4 Å². The van der Waals surface area contributed by atoms with Crippen LogP contribution in [0.3, 0.4) is 0 Å². The summed E-state index contributed by atoms with van der Waals surface area (Å²) in [6, 6.07) is 15.5. The Bertz CT molecular complexity index is 1130. The fourth-order valence-electron chi connectivity index (χ4n) is 3.68. The fourth-order valence-corrected chi connectivity index (χ4v) is 5.32. The molecule has 1 aliphatic heterocycles. The molecule has 1 aromatic heterocycles. The van der Waals surface area contributed by atoms with Crippen LogP contribution in [0.2, 0.25) is 0 Å². The van der Waals surface area contributed by atoms with Crippen molar-refractivity contribution in [3.05, 3.63) is 66.0 Å². The standard InChI is InChI=1S/C22H24F2N4O2S2/c23-21(24)32(29,30)19-11-9-17(10-12-19)16-31-22-26-25-20(15-27-13-5-2-6-14-27)28(22)18-7-3-1-4-8-18/h1,3-4,7-12,21H,2,5-6,13-16H2. The van der Waals surface area contributed by atoms with Crippen molar-refractivity contribution in [1.29, 1.82) is 0 Å². The molecule has 0 unspecified atom stereocenters. The maximum Gasteiger partial charge on any atom is 0.341 e. The minimum absolute atomic E-state index is 0.377. The van der Waals surface area contributed by atoms with Crippen molar-refractivity contribution in [3.63, 3.8) is 0 Å². The van der Waals surface area contributed by atoms with Gasteiger partial charge in [-0.3, -0.25) is 9.47 Å². The van der Waals surface area contributed by atoms with Crippen molar-refractivity contribution in [2.45, 2.75) is 47.4 Å². The number of hydrogen-bond donors (Lipinski definition) is 0. The quantitative estimate of drug-likeness (QED) is 0.443. The van der Waals surface area contributed by atoms with Gasteiger partial charge in [0.15, 0.2) is 11.0 Å². The number of rotatable bonds is 8. The van der Waals surface area contributed by atoms with E-state index < -0.39 is 15.6 Å². The third-order valence-corrected chi connectivity index (χ3v) is 7.78. The van der Waals surface area contributed by atoms with Crippen LogP contribution in [0.25, 0.3) is 5.69 Å². The Hall–Kier alpha value is -2.30. The predicted molar refractivity (Wildman–Crippen MR) is 120 cm³/mol.